The van der Waals surface area contributed by atoms with Crippen molar-refractivity contribution >= 4 is 11.6 Å². The molecule has 0 aromatic carbocycles. The average Bonchev–Trinajstić information content (AvgIpc) is 2.29. The molecule has 2 aromatic rings. The van der Waals surface area contributed by atoms with Crippen LogP contribution in [0.3, 0.4) is 0 Å². The fourth-order valence-electron chi connectivity index (χ4n) is 1.19. The van der Waals surface area contributed by atoms with Crippen molar-refractivity contribution in [1.29, 1.82) is 0 Å². The molecule has 82 valence electrons. The number of aliphatic hydroxyl groups is 1. The highest BCUT2D eigenvalue weighted by Crippen LogP contribution is 2.22. The van der Waals surface area contributed by atoms with Crippen LogP contribution in [0, 0.1) is 0 Å². The van der Waals surface area contributed by atoms with Gasteiger partial charge in [0.2, 0.25) is 0 Å². The molecule has 16 heavy (non-hydrogen) atoms. The van der Waals surface area contributed by atoms with Gasteiger partial charge in [0.05, 0.1) is 23.5 Å². The zero-order valence-electron chi connectivity index (χ0n) is 8.30. The number of rotatable bonds is 3. The molecular weight excluding hydrogens is 228 g/mol. The summed E-state index contributed by atoms with van der Waals surface area (Å²) in [4.78, 5) is 7.85. The van der Waals surface area contributed by atoms with Crippen molar-refractivity contribution in [3.8, 4) is 11.5 Å². The van der Waals surface area contributed by atoms with E-state index in [9.17, 15) is 0 Å². The Morgan fingerprint density at radius 1 is 1.25 bits per heavy atom. The molecule has 0 saturated heterocycles. The zero-order valence-corrected chi connectivity index (χ0v) is 9.05. The second-order valence-corrected chi connectivity index (χ2v) is 3.52. The van der Waals surface area contributed by atoms with Crippen LogP contribution in [-0.2, 0) is 6.61 Å². The quantitative estimate of drug-likeness (QED) is 0.889. The van der Waals surface area contributed by atoms with E-state index in [1.54, 1.807) is 30.6 Å². The molecule has 1 N–H and O–H groups in total. The van der Waals surface area contributed by atoms with Crippen LogP contribution in [0.15, 0.2) is 36.8 Å². The summed E-state index contributed by atoms with van der Waals surface area (Å²) in [7, 11) is 0. The third-order valence-electron chi connectivity index (χ3n) is 1.87. The van der Waals surface area contributed by atoms with Crippen LogP contribution in [0.1, 0.15) is 5.69 Å². The second kappa shape index (κ2) is 4.92. The molecule has 0 atom stereocenters. The van der Waals surface area contributed by atoms with E-state index in [0.29, 0.717) is 22.2 Å². The molecule has 0 aliphatic heterocycles. The molecule has 2 aromatic heterocycles. The van der Waals surface area contributed by atoms with Crippen molar-refractivity contribution in [1.82, 2.24) is 9.97 Å². The maximum absolute atomic E-state index is 8.92. The summed E-state index contributed by atoms with van der Waals surface area (Å²) < 4.78 is 5.50. The molecule has 0 spiro atoms. The Morgan fingerprint density at radius 2 is 2.12 bits per heavy atom. The van der Waals surface area contributed by atoms with Gasteiger partial charge in [-0.1, -0.05) is 11.6 Å². The standard InChI is InChI=1S/C11H9ClN2O2/c12-8-3-11(6-13-5-8)16-10-1-2-14-9(4-10)7-15/h1-6,15H,7H2. The van der Waals surface area contributed by atoms with E-state index >= 15 is 0 Å². The van der Waals surface area contributed by atoms with Gasteiger partial charge in [0.1, 0.15) is 11.5 Å². The summed E-state index contributed by atoms with van der Waals surface area (Å²) in [6.07, 6.45) is 4.66. The monoisotopic (exact) mass is 236 g/mol. The van der Waals surface area contributed by atoms with Gasteiger partial charge in [0.25, 0.3) is 0 Å². The molecule has 5 heteroatoms. The normalized spacial score (nSPS) is 10.1. The fourth-order valence-corrected chi connectivity index (χ4v) is 1.35. The van der Waals surface area contributed by atoms with Crippen LogP contribution in [-0.4, -0.2) is 15.1 Å². The van der Waals surface area contributed by atoms with Gasteiger partial charge in [-0.05, 0) is 6.07 Å². The molecule has 0 aliphatic carbocycles. The Hall–Kier alpha value is -1.65. The lowest BCUT2D eigenvalue weighted by Gasteiger charge is -2.05. The Kier molecular flexibility index (Phi) is 3.34. The SMILES string of the molecule is OCc1cc(Oc2cncc(Cl)c2)ccn1. The average molecular weight is 237 g/mol. The third kappa shape index (κ3) is 2.68. The first-order chi connectivity index (χ1) is 7.78. The first-order valence-electron chi connectivity index (χ1n) is 4.62. The molecule has 0 fully saturated rings. The molecule has 0 bridgehead atoms. The highest BCUT2D eigenvalue weighted by molar-refractivity contribution is 6.30. The minimum atomic E-state index is -0.120. The topological polar surface area (TPSA) is 55.2 Å². The number of halogens is 1. The van der Waals surface area contributed by atoms with Crippen molar-refractivity contribution in [2.24, 2.45) is 0 Å². The van der Waals surface area contributed by atoms with E-state index in [4.69, 9.17) is 21.4 Å². The van der Waals surface area contributed by atoms with E-state index in [0.717, 1.165) is 0 Å². The first kappa shape index (κ1) is 10.9. The van der Waals surface area contributed by atoms with E-state index in [2.05, 4.69) is 9.97 Å². The number of hydrogen-bond donors (Lipinski definition) is 1. The van der Waals surface area contributed by atoms with E-state index in [1.165, 1.54) is 6.20 Å². The lowest BCUT2D eigenvalue weighted by atomic mass is 10.3. The minimum absolute atomic E-state index is 0.120. The smallest absolute Gasteiger partial charge is 0.147 e. The number of pyridine rings is 2. The highest BCUT2D eigenvalue weighted by atomic mass is 35.5. The molecule has 0 amide bonds. The molecule has 4 nitrogen and oxygen atoms in total. The van der Waals surface area contributed by atoms with E-state index < -0.39 is 0 Å². The summed E-state index contributed by atoms with van der Waals surface area (Å²) in [5.41, 5.74) is 0.549. The zero-order chi connectivity index (χ0) is 11.4. The van der Waals surface area contributed by atoms with Crippen molar-refractivity contribution in [2.45, 2.75) is 6.61 Å². The van der Waals surface area contributed by atoms with Gasteiger partial charge in [-0.25, -0.2) is 0 Å². The van der Waals surface area contributed by atoms with Gasteiger partial charge in [0.15, 0.2) is 0 Å². The van der Waals surface area contributed by atoms with Crippen LogP contribution in [0.2, 0.25) is 5.02 Å². The predicted octanol–water partition coefficient (Wildman–Crippen LogP) is 2.41. The summed E-state index contributed by atoms with van der Waals surface area (Å²) in [6.45, 7) is -0.120. The maximum atomic E-state index is 8.92. The minimum Gasteiger partial charge on any atom is -0.456 e. The molecule has 2 rings (SSSR count). The second-order valence-electron chi connectivity index (χ2n) is 3.08. The van der Waals surface area contributed by atoms with Crippen LogP contribution in [0.5, 0.6) is 11.5 Å². The number of hydrogen-bond acceptors (Lipinski definition) is 4. The van der Waals surface area contributed by atoms with Gasteiger partial charge in [0, 0.05) is 24.5 Å². The lowest BCUT2D eigenvalue weighted by molar-refractivity contribution is 0.276. The van der Waals surface area contributed by atoms with Crippen LogP contribution in [0.25, 0.3) is 0 Å². The number of aromatic nitrogens is 2. The van der Waals surface area contributed by atoms with Crippen molar-refractivity contribution in [3.63, 3.8) is 0 Å². The molecule has 0 aliphatic rings. The Bertz CT molecular complexity index is 491. The van der Waals surface area contributed by atoms with Crippen LogP contribution in [0.4, 0.5) is 0 Å². The van der Waals surface area contributed by atoms with Gasteiger partial charge >= 0.3 is 0 Å². The van der Waals surface area contributed by atoms with E-state index in [1.807, 2.05) is 0 Å². The van der Waals surface area contributed by atoms with Gasteiger partial charge in [-0.2, -0.15) is 0 Å². The highest BCUT2D eigenvalue weighted by Gasteiger charge is 2.00. The van der Waals surface area contributed by atoms with Crippen molar-refractivity contribution in [3.05, 3.63) is 47.5 Å². The van der Waals surface area contributed by atoms with Crippen LogP contribution >= 0.6 is 11.6 Å². The van der Waals surface area contributed by atoms with Crippen molar-refractivity contribution in [2.75, 3.05) is 0 Å². The molecule has 0 saturated carbocycles. The van der Waals surface area contributed by atoms with Gasteiger partial charge < -0.3 is 9.84 Å². The van der Waals surface area contributed by atoms with Gasteiger partial charge in [-0.3, -0.25) is 9.97 Å². The summed E-state index contributed by atoms with van der Waals surface area (Å²) in [6, 6.07) is 5.01. The van der Waals surface area contributed by atoms with Crippen LogP contribution < -0.4 is 4.74 Å². The molecule has 2 heterocycles. The largest absolute Gasteiger partial charge is 0.456 e. The van der Waals surface area contributed by atoms with Crippen molar-refractivity contribution < 1.29 is 9.84 Å². The Morgan fingerprint density at radius 3 is 2.88 bits per heavy atom. The first-order valence-corrected chi connectivity index (χ1v) is 5.00. The van der Waals surface area contributed by atoms with Gasteiger partial charge in [-0.15, -0.1) is 0 Å². The molecule has 0 radical (unpaired) electrons. The predicted molar refractivity (Wildman–Crippen MR) is 59.5 cm³/mol. The molecular formula is C11H9ClN2O2. The Balaban J connectivity index is 2.20. The number of ether oxygens (including phenoxy) is 1. The molecule has 0 unspecified atom stereocenters. The number of aliphatic hydroxyl groups excluding tert-OH is 1. The van der Waals surface area contributed by atoms with E-state index in [-0.39, 0.29) is 6.61 Å². The Labute approximate surface area is 97.5 Å². The summed E-state index contributed by atoms with van der Waals surface area (Å²) in [5, 5.41) is 9.43. The maximum Gasteiger partial charge on any atom is 0.147 e. The number of nitrogens with zero attached hydrogens (tertiary/aromatic N) is 2. The third-order valence-corrected chi connectivity index (χ3v) is 2.07. The lowest BCUT2D eigenvalue weighted by Crippen LogP contribution is -1.91. The summed E-state index contributed by atoms with van der Waals surface area (Å²) >= 11 is 5.77. The summed E-state index contributed by atoms with van der Waals surface area (Å²) in [5.74, 6) is 1.13. The fraction of sp³-hybridized carbons (Fsp3) is 0.0909.